The van der Waals surface area contributed by atoms with Crippen molar-refractivity contribution in [2.45, 2.75) is 51.5 Å². The zero-order valence-corrected chi connectivity index (χ0v) is 16.8. The van der Waals surface area contributed by atoms with Crippen molar-refractivity contribution in [1.29, 1.82) is 0 Å². The smallest absolute Gasteiger partial charge is 0.271 e. The van der Waals surface area contributed by atoms with Gasteiger partial charge >= 0.3 is 0 Å². The summed E-state index contributed by atoms with van der Waals surface area (Å²) < 4.78 is 1.94. The van der Waals surface area contributed by atoms with Crippen molar-refractivity contribution in [3.05, 3.63) is 18.0 Å². The summed E-state index contributed by atoms with van der Waals surface area (Å²) in [5.74, 6) is 0.789. The summed E-state index contributed by atoms with van der Waals surface area (Å²) in [4.78, 5) is 14.8. The standard InChI is InChI=1S/C19H33N5O.ClH/c1-16-6-5-12-23(15-16)11-3-2-10-21-19(25)18-8-13-24(22-18)17-7-4-9-20-14-17;/h8,13,16-17,20H,2-7,9-12,14-15H2,1H3,(H,21,25);1H. The van der Waals surface area contributed by atoms with Gasteiger partial charge in [-0.2, -0.15) is 5.10 Å². The second kappa shape index (κ2) is 10.9. The molecule has 26 heavy (non-hydrogen) atoms. The Labute approximate surface area is 163 Å². The Morgan fingerprint density at radius 1 is 1.35 bits per heavy atom. The van der Waals surface area contributed by atoms with Crippen LogP contribution in [0.4, 0.5) is 0 Å². The Balaban J connectivity index is 0.00000243. The first-order valence-corrected chi connectivity index (χ1v) is 9.99. The van der Waals surface area contributed by atoms with E-state index in [-0.39, 0.29) is 18.3 Å². The van der Waals surface area contributed by atoms with Crippen LogP contribution in [0.5, 0.6) is 0 Å². The summed E-state index contributed by atoms with van der Waals surface area (Å²) >= 11 is 0. The van der Waals surface area contributed by atoms with E-state index < -0.39 is 0 Å². The molecule has 148 valence electrons. The predicted octanol–water partition coefficient (Wildman–Crippen LogP) is 2.47. The number of carbonyl (C=O) groups is 1. The number of likely N-dealkylation sites (tertiary alicyclic amines) is 1. The van der Waals surface area contributed by atoms with E-state index in [9.17, 15) is 4.79 Å². The number of aromatic nitrogens is 2. The summed E-state index contributed by atoms with van der Waals surface area (Å²) in [6.07, 6.45) is 9.11. The summed E-state index contributed by atoms with van der Waals surface area (Å²) in [5.41, 5.74) is 0.537. The van der Waals surface area contributed by atoms with Gasteiger partial charge in [0, 0.05) is 25.8 Å². The van der Waals surface area contributed by atoms with Crippen molar-refractivity contribution in [3.63, 3.8) is 0 Å². The van der Waals surface area contributed by atoms with Gasteiger partial charge in [-0.25, -0.2) is 0 Å². The third kappa shape index (κ3) is 6.25. The van der Waals surface area contributed by atoms with E-state index in [0.717, 1.165) is 51.4 Å². The van der Waals surface area contributed by atoms with E-state index in [2.05, 4.69) is 27.6 Å². The van der Waals surface area contributed by atoms with Crippen LogP contribution in [0.15, 0.2) is 12.3 Å². The van der Waals surface area contributed by atoms with Crippen molar-refractivity contribution < 1.29 is 4.79 Å². The number of hydrogen-bond donors (Lipinski definition) is 2. The average Bonchev–Trinajstić information content (AvgIpc) is 3.12. The molecule has 0 aliphatic carbocycles. The normalized spacial score (nSPS) is 24.0. The fourth-order valence-electron chi connectivity index (χ4n) is 3.96. The van der Waals surface area contributed by atoms with Crippen molar-refractivity contribution in [2.75, 3.05) is 39.3 Å². The van der Waals surface area contributed by atoms with E-state index in [1.807, 2.05) is 16.9 Å². The molecule has 2 unspecified atom stereocenters. The van der Waals surface area contributed by atoms with Crippen LogP contribution in [0.1, 0.15) is 62.0 Å². The maximum Gasteiger partial charge on any atom is 0.271 e. The van der Waals surface area contributed by atoms with Gasteiger partial charge in [0.2, 0.25) is 0 Å². The summed E-state index contributed by atoms with van der Waals surface area (Å²) in [7, 11) is 0. The first kappa shape index (κ1) is 21.2. The SMILES string of the molecule is CC1CCCN(CCCCNC(=O)c2ccn(C3CCCNC3)n2)C1.Cl. The van der Waals surface area contributed by atoms with Crippen LogP contribution in [0.2, 0.25) is 0 Å². The number of hydrogen-bond acceptors (Lipinski definition) is 4. The molecular weight excluding hydrogens is 350 g/mol. The number of unbranched alkanes of at least 4 members (excludes halogenated alkanes) is 1. The van der Waals surface area contributed by atoms with Crippen LogP contribution in [0.25, 0.3) is 0 Å². The molecule has 1 amide bonds. The number of piperidine rings is 2. The zero-order chi connectivity index (χ0) is 17.5. The Bertz CT molecular complexity index is 544. The first-order valence-electron chi connectivity index (χ1n) is 9.99. The van der Waals surface area contributed by atoms with Crippen LogP contribution in [-0.2, 0) is 0 Å². The number of nitrogens with one attached hydrogen (secondary N) is 2. The molecule has 2 aliphatic heterocycles. The number of carbonyl (C=O) groups excluding carboxylic acids is 1. The van der Waals surface area contributed by atoms with Gasteiger partial charge in [-0.1, -0.05) is 6.92 Å². The Kier molecular flexibility index (Phi) is 8.88. The highest BCUT2D eigenvalue weighted by Crippen LogP contribution is 2.16. The van der Waals surface area contributed by atoms with Gasteiger partial charge in [0.1, 0.15) is 5.69 Å². The van der Waals surface area contributed by atoms with Gasteiger partial charge in [-0.05, 0) is 70.1 Å². The minimum Gasteiger partial charge on any atom is -0.351 e. The van der Waals surface area contributed by atoms with Gasteiger partial charge in [-0.3, -0.25) is 9.48 Å². The molecule has 1 aromatic rings. The molecule has 2 aliphatic rings. The van der Waals surface area contributed by atoms with E-state index in [4.69, 9.17) is 0 Å². The number of nitrogens with zero attached hydrogens (tertiary/aromatic N) is 3. The summed E-state index contributed by atoms with van der Waals surface area (Å²) in [6, 6.07) is 2.21. The Morgan fingerprint density at radius 2 is 2.23 bits per heavy atom. The molecule has 7 heteroatoms. The number of amides is 1. The second-order valence-electron chi connectivity index (χ2n) is 7.69. The average molecular weight is 384 g/mol. The van der Waals surface area contributed by atoms with Gasteiger partial charge in [0.15, 0.2) is 0 Å². The molecule has 0 radical (unpaired) electrons. The molecule has 2 saturated heterocycles. The number of rotatable bonds is 7. The van der Waals surface area contributed by atoms with Crippen molar-refractivity contribution in [1.82, 2.24) is 25.3 Å². The lowest BCUT2D eigenvalue weighted by Gasteiger charge is -2.30. The lowest BCUT2D eigenvalue weighted by atomic mass is 10.0. The predicted molar refractivity (Wildman–Crippen MR) is 107 cm³/mol. The molecule has 2 fully saturated rings. The van der Waals surface area contributed by atoms with Crippen LogP contribution in [0, 0.1) is 5.92 Å². The van der Waals surface area contributed by atoms with Gasteiger partial charge in [0.05, 0.1) is 6.04 Å². The van der Waals surface area contributed by atoms with Gasteiger partial charge < -0.3 is 15.5 Å². The fraction of sp³-hybridized carbons (Fsp3) is 0.789. The minimum absolute atomic E-state index is 0. The topological polar surface area (TPSA) is 62.2 Å². The Hall–Kier alpha value is -1.11. The highest BCUT2D eigenvalue weighted by atomic mass is 35.5. The molecule has 2 atom stereocenters. The van der Waals surface area contributed by atoms with E-state index in [1.165, 1.54) is 32.4 Å². The zero-order valence-electron chi connectivity index (χ0n) is 16.0. The van der Waals surface area contributed by atoms with Crippen LogP contribution in [0.3, 0.4) is 0 Å². The maximum absolute atomic E-state index is 12.2. The van der Waals surface area contributed by atoms with Crippen LogP contribution < -0.4 is 10.6 Å². The molecule has 0 bridgehead atoms. The van der Waals surface area contributed by atoms with Gasteiger partial charge in [0.25, 0.3) is 5.91 Å². The second-order valence-corrected chi connectivity index (χ2v) is 7.69. The lowest BCUT2D eigenvalue weighted by molar-refractivity contribution is 0.0946. The summed E-state index contributed by atoms with van der Waals surface area (Å²) in [6.45, 7) is 8.74. The monoisotopic (exact) mass is 383 g/mol. The van der Waals surface area contributed by atoms with Crippen molar-refractivity contribution >= 4 is 18.3 Å². The Morgan fingerprint density at radius 3 is 3.00 bits per heavy atom. The van der Waals surface area contributed by atoms with Crippen molar-refractivity contribution in [3.8, 4) is 0 Å². The lowest BCUT2D eigenvalue weighted by Crippen LogP contribution is -2.35. The van der Waals surface area contributed by atoms with Crippen LogP contribution in [-0.4, -0.2) is 59.9 Å². The third-order valence-corrected chi connectivity index (χ3v) is 5.41. The summed E-state index contributed by atoms with van der Waals surface area (Å²) in [5, 5.41) is 10.9. The molecule has 2 N–H and O–H groups in total. The van der Waals surface area contributed by atoms with E-state index >= 15 is 0 Å². The first-order chi connectivity index (χ1) is 12.2. The maximum atomic E-state index is 12.2. The molecule has 6 nitrogen and oxygen atoms in total. The molecule has 1 aromatic heterocycles. The van der Waals surface area contributed by atoms with Crippen LogP contribution >= 0.6 is 12.4 Å². The molecule has 0 aromatic carbocycles. The molecular formula is C19H34ClN5O. The molecule has 3 rings (SSSR count). The van der Waals surface area contributed by atoms with E-state index in [0.29, 0.717) is 11.7 Å². The fourth-order valence-corrected chi connectivity index (χ4v) is 3.96. The quantitative estimate of drug-likeness (QED) is 0.710. The molecule has 3 heterocycles. The van der Waals surface area contributed by atoms with Gasteiger partial charge in [-0.15, -0.1) is 12.4 Å². The minimum atomic E-state index is -0.0471. The van der Waals surface area contributed by atoms with E-state index in [1.54, 1.807) is 0 Å². The molecule has 0 saturated carbocycles. The molecule has 0 spiro atoms. The van der Waals surface area contributed by atoms with Crippen molar-refractivity contribution in [2.24, 2.45) is 5.92 Å². The highest BCUT2D eigenvalue weighted by molar-refractivity contribution is 5.92. The number of halogens is 1. The highest BCUT2D eigenvalue weighted by Gasteiger charge is 2.18. The third-order valence-electron chi connectivity index (χ3n) is 5.41. The largest absolute Gasteiger partial charge is 0.351 e.